The Kier molecular flexibility index (Phi) is 9.08. The maximum absolute atomic E-state index is 12.5. The second-order valence-electron chi connectivity index (χ2n) is 13.0. The summed E-state index contributed by atoms with van der Waals surface area (Å²) in [5.41, 5.74) is -0.239. The van der Waals surface area contributed by atoms with Gasteiger partial charge in [0.25, 0.3) is 8.32 Å². The van der Waals surface area contributed by atoms with Gasteiger partial charge in [0.15, 0.2) is 23.2 Å². The van der Waals surface area contributed by atoms with Crippen LogP contribution in [0.2, 0.25) is 10.3 Å². The molecule has 236 valence electrons. The second kappa shape index (κ2) is 12.5. The molecular formula is C33H38ClN5O5Si. The fourth-order valence-corrected chi connectivity index (χ4v) is 10.6. The zero-order chi connectivity index (χ0) is 32.6. The van der Waals surface area contributed by atoms with Gasteiger partial charge in [-0.25, -0.2) is 9.78 Å². The van der Waals surface area contributed by atoms with Crippen LogP contribution in [0.25, 0.3) is 11.2 Å². The van der Waals surface area contributed by atoms with E-state index in [2.05, 4.69) is 71.2 Å². The van der Waals surface area contributed by atoms with Crippen LogP contribution < -0.4 is 15.7 Å². The van der Waals surface area contributed by atoms with E-state index in [1.54, 1.807) is 25.3 Å². The molecule has 1 saturated heterocycles. The molecule has 5 rings (SSSR count). The molecule has 1 aliphatic rings. The highest BCUT2D eigenvalue weighted by Gasteiger charge is 2.52. The van der Waals surface area contributed by atoms with Gasteiger partial charge in [-0.1, -0.05) is 87.4 Å². The van der Waals surface area contributed by atoms with E-state index in [0.29, 0.717) is 0 Å². The Hall–Kier alpha value is -3.79. The predicted molar refractivity (Wildman–Crippen MR) is 176 cm³/mol. The molecule has 10 nitrogen and oxygen atoms in total. The SMILES string of the molecule is C#C[C@@H]1[C@@H](O)[C@H](n2cnc3c(NC(=O)OC(C)(C)C)nc(Cl)nc32)O[C@@H]1CO[Si](c1ccccc1)(c1ccccc1)C(C)(C)C. The van der Waals surface area contributed by atoms with E-state index in [0.717, 1.165) is 10.4 Å². The summed E-state index contributed by atoms with van der Waals surface area (Å²) in [7, 11) is -2.90. The fourth-order valence-electron chi connectivity index (χ4n) is 5.85. The number of aliphatic hydroxyl groups excluding tert-OH is 1. The van der Waals surface area contributed by atoms with E-state index >= 15 is 0 Å². The minimum absolute atomic E-state index is 0.0607. The first kappa shape index (κ1) is 32.6. The summed E-state index contributed by atoms with van der Waals surface area (Å²) in [5.74, 6) is 2.09. The van der Waals surface area contributed by atoms with E-state index in [1.807, 2.05) is 36.4 Å². The number of nitrogens with one attached hydrogen (secondary N) is 1. The van der Waals surface area contributed by atoms with Crippen molar-refractivity contribution < 1.29 is 23.8 Å². The van der Waals surface area contributed by atoms with Crippen LogP contribution in [0, 0.1) is 18.3 Å². The number of halogens is 1. The highest BCUT2D eigenvalue weighted by Crippen LogP contribution is 2.40. The summed E-state index contributed by atoms with van der Waals surface area (Å²) in [6.45, 7) is 12.0. The van der Waals surface area contributed by atoms with E-state index < -0.39 is 44.4 Å². The van der Waals surface area contributed by atoms with Gasteiger partial charge in [0, 0.05) is 0 Å². The van der Waals surface area contributed by atoms with E-state index in [9.17, 15) is 9.90 Å². The number of benzene rings is 2. The molecule has 12 heteroatoms. The van der Waals surface area contributed by atoms with Crippen molar-refractivity contribution in [2.75, 3.05) is 11.9 Å². The van der Waals surface area contributed by atoms with Crippen LogP contribution in [0.5, 0.6) is 0 Å². The van der Waals surface area contributed by atoms with Crippen molar-refractivity contribution >= 4 is 53.4 Å². The number of rotatable bonds is 7. The molecule has 0 spiro atoms. The normalized spacial score (nSPS) is 20.6. The van der Waals surface area contributed by atoms with Crippen molar-refractivity contribution in [3.05, 3.63) is 72.3 Å². The van der Waals surface area contributed by atoms with E-state index in [1.165, 1.54) is 6.33 Å². The third kappa shape index (κ3) is 6.48. The van der Waals surface area contributed by atoms with Gasteiger partial charge >= 0.3 is 6.09 Å². The Morgan fingerprint density at radius 3 is 2.20 bits per heavy atom. The number of imidazole rings is 1. The van der Waals surface area contributed by atoms with Crippen LogP contribution in [0.15, 0.2) is 67.0 Å². The summed E-state index contributed by atoms with van der Waals surface area (Å²) in [6.07, 6.45) is 3.98. The van der Waals surface area contributed by atoms with Crippen molar-refractivity contribution in [2.45, 2.75) is 70.6 Å². The monoisotopic (exact) mass is 647 g/mol. The topological polar surface area (TPSA) is 121 Å². The number of aromatic nitrogens is 4. The molecule has 0 unspecified atom stereocenters. The molecule has 0 aliphatic carbocycles. The minimum atomic E-state index is -2.90. The average Bonchev–Trinajstić information content (AvgIpc) is 3.52. The van der Waals surface area contributed by atoms with Crippen LogP contribution in [0.4, 0.5) is 10.6 Å². The lowest BCUT2D eigenvalue weighted by atomic mass is 9.99. The number of amides is 1. The van der Waals surface area contributed by atoms with Crippen LogP contribution in [0.1, 0.15) is 47.8 Å². The Morgan fingerprint density at radius 1 is 1.07 bits per heavy atom. The lowest BCUT2D eigenvalue weighted by molar-refractivity contribution is -0.0469. The third-order valence-corrected chi connectivity index (χ3v) is 12.9. The van der Waals surface area contributed by atoms with Gasteiger partial charge in [-0.05, 0) is 47.8 Å². The number of hydrogen-bond donors (Lipinski definition) is 2. The molecule has 2 aromatic heterocycles. The molecule has 1 aliphatic heterocycles. The van der Waals surface area contributed by atoms with E-state index in [4.69, 9.17) is 31.9 Å². The zero-order valence-electron chi connectivity index (χ0n) is 26.2. The van der Waals surface area contributed by atoms with Crippen LogP contribution in [-0.4, -0.2) is 63.5 Å². The molecule has 0 radical (unpaired) electrons. The van der Waals surface area contributed by atoms with Crippen LogP contribution >= 0.6 is 11.6 Å². The molecule has 2 aromatic carbocycles. The van der Waals surface area contributed by atoms with Gasteiger partial charge < -0.3 is 19.0 Å². The first-order chi connectivity index (χ1) is 21.2. The highest BCUT2D eigenvalue weighted by atomic mass is 35.5. The largest absolute Gasteiger partial charge is 0.444 e. The predicted octanol–water partition coefficient (Wildman–Crippen LogP) is 4.91. The number of carbonyl (C=O) groups excluding carboxylic acids is 1. The van der Waals surface area contributed by atoms with Gasteiger partial charge in [-0.3, -0.25) is 9.88 Å². The Labute approximate surface area is 269 Å². The molecule has 4 aromatic rings. The fraction of sp³-hybridized carbons (Fsp3) is 0.394. The molecule has 45 heavy (non-hydrogen) atoms. The first-order valence-electron chi connectivity index (χ1n) is 14.7. The number of fused-ring (bicyclic) bond motifs is 1. The van der Waals surface area contributed by atoms with E-state index in [-0.39, 0.29) is 33.9 Å². The Morgan fingerprint density at radius 2 is 1.67 bits per heavy atom. The van der Waals surface area contributed by atoms with Crippen molar-refractivity contribution in [1.82, 2.24) is 19.5 Å². The molecule has 1 fully saturated rings. The standard InChI is InChI=1S/C33H38ClN5O5Si/c1-8-23-24(19-42-45(33(5,6)7,21-15-11-9-12-16-21)22-17-13-10-14-18-22)43-29(26(23)40)39-20-35-25-27(36-30(34)38-28(25)39)37-31(41)44-32(2,3)4/h1,9-18,20,23-24,26,29,40H,19H2,2-7H3,(H,36,37,38,41)/t23-,24+,26+,29+/m0/s1. The van der Waals surface area contributed by atoms with Crippen molar-refractivity contribution in [1.29, 1.82) is 0 Å². The molecule has 0 saturated carbocycles. The first-order valence-corrected chi connectivity index (χ1v) is 17.0. The summed E-state index contributed by atoms with van der Waals surface area (Å²) in [4.78, 5) is 25.3. The van der Waals surface area contributed by atoms with Gasteiger partial charge in [0.05, 0.1) is 25.0 Å². The Balaban J connectivity index is 1.47. The quantitative estimate of drug-likeness (QED) is 0.165. The van der Waals surface area contributed by atoms with Gasteiger partial charge in [-0.2, -0.15) is 9.97 Å². The number of anilines is 1. The smallest absolute Gasteiger partial charge is 0.413 e. The summed E-state index contributed by atoms with van der Waals surface area (Å²) < 4.78 is 20.4. The molecule has 0 bridgehead atoms. The number of hydrogen-bond acceptors (Lipinski definition) is 8. The van der Waals surface area contributed by atoms with Crippen molar-refractivity contribution in [3.63, 3.8) is 0 Å². The van der Waals surface area contributed by atoms with Gasteiger partial charge in [0.2, 0.25) is 5.28 Å². The maximum Gasteiger partial charge on any atom is 0.413 e. The molecule has 1 amide bonds. The lowest BCUT2D eigenvalue weighted by Gasteiger charge is -2.43. The minimum Gasteiger partial charge on any atom is -0.444 e. The van der Waals surface area contributed by atoms with Crippen molar-refractivity contribution in [3.8, 4) is 12.3 Å². The summed E-state index contributed by atoms with van der Waals surface area (Å²) in [6, 6.07) is 20.5. The summed E-state index contributed by atoms with van der Waals surface area (Å²) >= 11 is 6.25. The number of carbonyl (C=O) groups is 1. The maximum atomic E-state index is 12.5. The second-order valence-corrected chi connectivity index (χ2v) is 17.7. The highest BCUT2D eigenvalue weighted by molar-refractivity contribution is 6.99. The van der Waals surface area contributed by atoms with Crippen LogP contribution in [-0.2, 0) is 13.9 Å². The average molecular weight is 648 g/mol. The molecule has 4 atom stereocenters. The summed E-state index contributed by atoms with van der Waals surface area (Å²) in [5, 5.41) is 15.9. The number of terminal acetylenes is 1. The third-order valence-electron chi connectivity index (χ3n) is 7.74. The lowest BCUT2D eigenvalue weighted by Crippen LogP contribution is -2.67. The van der Waals surface area contributed by atoms with Gasteiger partial charge in [0.1, 0.15) is 11.7 Å². The molecule has 3 heterocycles. The number of nitrogens with zero attached hydrogens (tertiary/aromatic N) is 4. The van der Waals surface area contributed by atoms with Gasteiger partial charge in [-0.15, -0.1) is 6.42 Å². The number of aliphatic hydroxyl groups is 1. The molecular weight excluding hydrogens is 610 g/mol. The van der Waals surface area contributed by atoms with Crippen molar-refractivity contribution in [2.24, 2.45) is 5.92 Å². The Bertz CT molecular complexity index is 1660. The zero-order valence-corrected chi connectivity index (χ0v) is 27.9. The molecule has 2 N–H and O–H groups in total. The number of ether oxygens (including phenoxy) is 2. The van der Waals surface area contributed by atoms with Crippen LogP contribution in [0.3, 0.4) is 0 Å².